The number of carbonyl (C=O) groups excluding carboxylic acids is 2. The number of carbonyl (C=O) groups is 2. The van der Waals surface area contributed by atoms with Crippen LogP contribution in [0.4, 0.5) is 18.9 Å². The first kappa shape index (κ1) is 19.2. The molecule has 0 saturated heterocycles. The minimum absolute atomic E-state index is 0.00379. The lowest BCUT2D eigenvalue weighted by Gasteiger charge is -2.11. The minimum atomic E-state index is -1.03. The van der Waals surface area contributed by atoms with Crippen LogP contribution in [0.5, 0.6) is 0 Å². The van der Waals surface area contributed by atoms with Crippen molar-refractivity contribution < 1.29 is 22.8 Å². The standard InChI is InChI=1S/C21H12F3N3O3/c22-9-1-4-17-13(5-9)19(28)14-6-10(23)7-15(18(14)27-17)21(30)26-11-2-3-16(24)12(8-11)20(25)29/h1-8H,(H2,25,29)(H,26,30)(H,27,28). The summed E-state index contributed by atoms with van der Waals surface area (Å²) < 4.78 is 41.3. The number of pyridine rings is 1. The molecule has 4 aromatic rings. The van der Waals surface area contributed by atoms with Gasteiger partial charge in [-0.1, -0.05) is 0 Å². The van der Waals surface area contributed by atoms with Gasteiger partial charge >= 0.3 is 0 Å². The molecular weight excluding hydrogens is 399 g/mol. The number of fused-ring (bicyclic) bond motifs is 2. The first-order valence-electron chi connectivity index (χ1n) is 8.60. The summed E-state index contributed by atoms with van der Waals surface area (Å²) in [4.78, 5) is 39.6. The second-order valence-corrected chi connectivity index (χ2v) is 6.53. The first-order chi connectivity index (χ1) is 14.2. The fourth-order valence-corrected chi connectivity index (χ4v) is 3.18. The van der Waals surface area contributed by atoms with Crippen molar-refractivity contribution in [2.45, 2.75) is 0 Å². The third-order valence-electron chi connectivity index (χ3n) is 4.57. The Kier molecular flexibility index (Phi) is 4.50. The number of rotatable bonds is 3. The Bertz CT molecular complexity index is 1430. The molecule has 0 unspecified atom stereocenters. The molecule has 30 heavy (non-hydrogen) atoms. The summed E-state index contributed by atoms with van der Waals surface area (Å²) in [6.45, 7) is 0. The third kappa shape index (κ3) is 3.26. The van der Waals surface area contributed by atoms with Crippen LogP contribution in [0.1, 0.15) is 20.7 Å². The lowest BCUT2D eigenvalue weighted by molar-refractivity contribution is 0.0992. The monoisotopic (exact) mass is 411 g/mol. The van der Waals surface area contributed by atoms with Crippen molar-refractivity contribution in [2.24, 2.45) is 5.73 Å². The molecule has 1 heterocycles. The van der Waals surface area contributed by atoms with Gasteiger partial charge < -0.3 is 16.0 Å². The topological polar surface area (TPSA) is 105 Å². The summed E-state index contributed by atoms with van der Waals surface area (Å²) in [5.41, 5.74) is 4.14. The van der Waals surface area contributed by atoms with E-state index >= 15 is 0 Å². The molecule has 2 amide bonds. The molecule has 150 valence electrons. The molecule has 0 atom stereocenters. The number of anilines is 1. The van der Waals surface area contributed by atoms with Crippen molar-refractivity contribution in [3.8, 4) is 0 Å². The predicted molar refractivity (Wildman–Crippen MR) is 105 cm³/mol. The number of amides is 2. The molecule has 0 spiro atoms. The largest absolute Gasteiger partial charge is 0.366 e. The Balaban J connectivity index is 1.86. The van der Waals surface area contributed by atoms with Crippen LogP contribution in [-0.2, 0) is 0 Å². The van der Waals surface area contributed by atoms with E-state index in [4.69, 9.17) is 5.73 Å². The molecule has 6 nitrogen and oxygen atoms in total. The molecule has 0 aliphatic carbocycles. The number of hydrogen-bond acceptors (Lipinski definition) is 3. The van der Waals surface area contributed by atoms with Crippen LogP contribution in [0.25, 0.3) is 21.8 Å². The molecule has 4 N–H and O–H groups in total. The second-order valence-electron chi connectivity index (χ2n) is 6.53. The molecule has 9 heteroatoms. The zero-order valence-corrected chi connectivity index (χ0v) is 15.1. The van der Waals surface area contributed by atoms with Gasteiger partial charge in [-0.15, -0.1) is 0 Å². The van der Waals surface area contributed by atoms with E-state index in [0.29, 0.717) is 0 Å². The van der Waals surface area contributed by atoms with Crippen LogP contribution in [0.3, 0.4) is 0 Å². The van der Waals surface area contributed by atoms with Crippen LogP contribution in [-0.4, -0.2) is 16.8 Å². The van der Waals surface area contributed by atoms with Crippen LogP contribution in [0.2, 0.25) is 0 Å². The van der Waals surface area contributed by atoms with E-state index in [-0.39, 0.29) is 33.1 Å². The zero-order chi connectivity index (χ0) is 21.6. The lowest BCUT2D eigenvalue weighted by atomic mass is 10.0. The van der Waals surface area contributed by atoms with E-state index in [0.717, 1.165) is 36.4 Å². The van der Waals surface area contributed by atoms with Crippen molar-refractivity contribution >= 4 is 39.3 Å². The fraction of sp³-hybridized carbons (Fsp3) is 0. The van der Waals surface area contributed by atoms with Gasteiger partial charge in [-0.25, -0.2) is 13.2 Å². The number of primary amides is 1. The number of nitrogens with one attached hydrogen (secondary N) is 2. The highest BCUT2D eigenvalue weighted by molar-refractivity contribution is 6.13. The predicted octanol–water partition coefficient (Wildman–Crippen LogP) is 3.45. The van der Waals surface area contributed by atoms with Gasteiger partial charge in [0, 0.05) is 22.0 Å². The summed E-state index contributed by atoms with van der Waals surface area (Å²) in [5.74, 6) is -4.20. The van der Waals surface area contributed by atoms with Gasteiger partial charge in [0.05, 0.1) is 16.6 Å². The summed E-state index contributed by atoms with van der Waals surface area (Å²) in [5, 5.41) is 2.28. The average Bonchev–Trinajstić information content (AvgIpc) is 2.70. The van der Waals surface area contributed by atoms with Gasteiger partial charge in [0.15, 0.2) is 5.43 Å². The van der Waals surface area contributed by atoms with Crippen molar-refractivity contribution in [3.05, 3.63) is 87.3 Å². The highest BCUT2D eigenvalue weighted by Crippen LogP contribution is 2.22. The molecule has 0 bridgehead atoms. The number of nitrogens with two attached hydrogens (primary N) is 1. The van der Waals surface area contributed by atoms with Gasteiger partial charge in [-0.2, -0.15) is 0 Å². The minimum Gasteiger partial charge on any atom is -0.366 e. The van der Waals surface area contributed by atoms with E-state index in [1.165, 1.54) is 12.1 Å². The van der Waals surface area contributed by atoms with Gasteiger partial charge in [0.25, 0.3) is 11.8 Å². The summed E-state index contributed by atoms with van der Waals surface area (Å²) in [7, 11) is 0. The molecule has 0 saturated carbocycles. The second kappa shape index (κ2) is 7.03. The number of halogens is 3. The van der Waals surface area contributed by atoms with Crippen molar-refractivity contribution in [1.29, 1.82) is 0 Å². The summed E-state index contributed by atoms with van der Waals surface area (Å²) >= 11 is 0. The molecular formula is C21H12F3N3O3. The molecule has 0 fully saturated rings. The Labute approximate surface area is 166 Å². The number of H-pyrrole nitrogens is 1. The molecule has 4 rings (SSSR count). The summed E-state index contributed by atoms with van der Waals surface area (Å²) in [6.07, 6.45) is 0. The Morgan fingerprint density at radius 1 is 0.867 bits per heavy atom. The molecule has 0 aliphatic rings. The molecule has 0 radical (unpaired) electrons. The third-order valence-corrected chi connectivity index (χ3v) is 4.57. The van der Waals surface area contributed by atoms with Gasteiger partial charge in [0.2, 0.25) is 0 Å². The number of aromatic amines is 1. The SMILES string of the molecule is NC(=O)c1cc(NC(=O)c2cc(F)cc3c(=O)c4cc(F)ccc4[nH]c23)ccc1F. The van der Waals surface area contributed by atoms with Gasteiger partial charge in [0.1, 0.15) is 17.5 Å². The molecule has 1 aromatic heterocycles. The van der Waals surface area contributed by atoms with Gasteiger partial charge in [-0.3, -0.25) is 14.4 Å². The maximum atomic E-state index is 14.2. The maximum Gasteiger partial charge on any atom is 0.257 e. The summed E-state index contributed by atoms with van der Waals surface area (Å²) in [6, 6.07) is 8.53. The fourth-order valence-electron chi connectivity index (χ4n) is 3.18. The van der Waals surface area contributed by atoms with E-state index in [1.807, 2.05) is 0 Å². The highest BCUT2D eigenvalue weighted by Gasteiger charge is 2.18. The normalized spacial score (nSPS) is 11.0. The van der Waals surface area contributed by atoms with Crippen LogP contribution in [0.15, 0.2) is 53.3 Å². The number of hydrogen-bond donors (Lipinski definition) is 3. The van der Waals surface area contributed by atoms with Crippen molar-refractivity contribution in [3.63, 3.8) is 0 Å². The smallest absolute Gasteiger partial charge is 0.257 e. The van der Waals surface area contributed by atoms with Crippen molar-refractivity contribution in [1.82, 2.24) is 4.98 Å². The molecule has 0 aliphatic heterocycles. The zero-order valence-electron chi connectivity index (χ0n) is 15.1. The Morgan fingerprint density at radius 2 is 1.60 bits per heavy atom. The Hall–Kier alpha value is -4.14. The maximum absolute atomic E-state index is 14.2. The Morgan fingerprint density at radius 3 is 2.33 bits per heavy atom. The van der Waals surface area contributed by atoms with E-state index in [9.17, 15) is 27.6 Å². The number of aromatic nitrogens is 1. The van der Waals surface area contributed by atoms with Gasteiger partial charge in [-0.05, 0) is 48.5 Å². The van der Waals surface area contributed by atoms with E-state index in [2.05, 4.69) is 10.3 Å². The van der Waals surface area contributed by atoms with E-state index in [1.54, 1.807) is 0 Å². The lowest BCUT2D eigenvalue weighted by Crippen LogP contribution is -2.17. The van der Waals surface area contributed by atoms with Crippen LogP contribution in [0, 0.1) is 17.5 Å². The first-order valence-corrected chi connectivity index (χ1v) is 8.60. The van der Waals surface area contributed by atoms with Crippen molar-refractivity contribution in [2.75, 3.05) is 5.32 Å². The highest BCUT2D eigenvalue weighted by atomic mass is 19.1. The average molecular weight is 411 g/mol. The van der Waals surface area contributed by atoms with E-state index < -0.39 is 40.3 Å². The number of benzene rings is 3. The van der Waals surface area contributed by atoms with Crippen LogP contribution >= 0.6 is 0 Å². The van der Waals surface area contributed by atoms with Crippen LogP contribution < -0.4 is 16.5 Å². The quantitative estimate of drug-likeness (QED) is 0.450. The molecule has 3 aromatic carbocycles.